The van der Waals surface area contributed by atoms with Crippen LogP contribution in [-0.4, -0.2) is 22.2 Å². The van der Waals surface area contributed by atoms with Crippen LogP contribution in [0.4, 0.5) is 0 Å². The molecule has 3 aromatic rings. The fourth-order valence-corrected chi connectivity index (χ4v) is 3.83. The molecule has 5 heteroatoms. The first-order chi connectivity index (χ1) is 11.7. The number of carbonyl (C=O) groups is 1. The molecule has 1 aromatic carbocycles. The fraction of sp³-hybridized carbons (Fsp3) is 0.368. The van der Waals surface area contributed by atoms with Gasteiger partial charge in [0.15, 0.2) is 0 Å². The van der Waals surface area contributed by atoms with Crippen molar-refractivity contribution < 1.29 is 4.79 Å². The Hall–Kier alpha value is -2.14. The lowest BCUT2D eigenvalue weighted by Crippen LogP contribution is -2.23. The quantitative estimate of drug-likeness (QED) is 0.649. The molecule has 0 spiro atoms. The highest BCUT2D eigenvalue weighted by atomic mass is 32.1. The van der Waals surface area contributed by atoms with Crippen molar-refractivity contribution in [1.82, 2.24) is 15.1 Å². The van der Waals surface area contributed by atoms with Gasteiger partial charge in [0.05, 0.1) is 17.1 Å². The largest absolute Gasteiger partial charge is 0.351 e. The number of unbranched alkanes of at least 4 members (excludes halogenated alkanes) is 2. The SMILES string of the molecule is CCCCCNC(=O)c1cc2c(C)nn(Cc3ccccc3)c2s1. The number of rotatable bonds is 7. The van der Waals surface area contributed by atoms with Crippen molar-refractivity contribution in [1.29, 1.82) is 0 Å². The number of hydrogen-bond donors (Lipinski definition) is 1. The summed E-state index contributed by atoms with van der Waals surface area (Å²) in [5.41, 5.74) is 2.18. The summed E-state index contributed by atoms with van der Waals surface area (Å²) in [6.07, 6.45) is 3.35. The first-order valence-electron chi connectivity index (χ1n) is 8.48. The second-order valence-corrected chi connectivity index (χ2v) is 7.05. The highest BCUT2D eigenvalue weighted by Gasteiger charge is 2.16. The summed E-state index contributed by atoms with van der Waals surface area (Å²) < 4.78 is 2.00. The molecule has 3 rings (SSSR count). The van der Waals surface area contributed by atoms with Crippen molar-refractivity contribution in [3.63, 3.8) is 0 Å². The standard InChI is InChI=1S/C19H23N3OS/c1-3-4-8-11-20-18(23)17-12-16-14(2)21-22(19(16)24-17)13-15-9-6-5-7-10-15/h5-7,9-10,12H,3-4,8,11,13H2,1-2H3,(H,20,23). The summed E-state index contributed by atoms with van der Waals surface area (Å²) in [6, 6.07) is 12.2. The maximum atomic E-state index is 12.3. The number of aromatic nitrogens is 2. The minimum absolute atomic E-state index is 0.0259. The lowest BCUT2D eigenvalue weighted by atomic mass is 10.2. The molecule has 24 heavy (non-hydrogen) atoms. The van der Waals surface area contributed by atoms with Gasteiger partial charge < -0.3 is 5.32 Å². The number of thiophene rings is 1. The van der Waals surface area contributed by atoms with Gasteiger partial charge in [0, 0.05) is 11.9 Å². The first kappa shape index (κ1) is 16.7. The van der Waals surface area contributed by atoms with E-state index in [1.54, 1.807) is 0 Å². The molecule has 0 aliphatic rings. The number of fused-ring (bicyclic) bond motifs is 1. The van der Waals surface area contributed by atoms with Crippen molar-refractivity contribution >= 4 is 27.5 Å². The maximum Gasteiger partial charge on any atom is 0.261 e. The van der Waals surface area contributed by atoms with Crippen LogP contribution in [0, 0.1) is 6.92 Å². The number of amides is 1. The van der Waals surface area contributed by atoms with Crippen molar-refractivity contribution in [3.05, 3.63) is 52.5 Å². The van der Waals surface area contributed by atoms with E-state index >= 15 is 0 Å². The topological polar surface area (TPSA) is 46.9 Å². The molecule has 0 saturated heterocycles. The van der Waals surface area contributed by atoms with E-state index in [4.69, 9.17) is 0 Å². The number of nitrogens with one attached hydrogen (secondary N) is 1. The molecule has 0 aliphatic carbocycles. The van der Waals surface area contributed by atoms with Gasteiger partial charge in [-0.3, -0.25) is 9.48 Å². The number of benzene rings is 1. The molecule has 2 heterocycles. The average molecular weight is 341 g/mol. The summed E-state index contributed by atoms with van der Waals surface area (Å²) >= 11 is 1.52. The molecular formula is C19H23N3OS. The third-order valence-corrected chi connectivity index (χ3v) is 5.22. The maximum absolute atomic E-state index is 12.3. The Labute approximate surface area is 146 Å². The number of aryl methyl sites for hydroxylation is 1. The zero-order valence-corrected chi connectivity index (χ0v) is 15.0. The minimum atomic E-state index is 0.0259. The van der Waals surface area contributed by atoms with Crippen LogP contribution in [0.15, 0.2) is 36.4 Å². The second-order valence-electron chi connectivity index (χ2n) is 6.02. The Morgan fingerprint density at radius 1 is 1.25 bits per heavy atom. The molecule has 0 unspecified atom stereocenters. The van der Waals surface area contributed by atoms with Gasteiger partial charge in [-0.05, 0) is 25.0 Å². The van der Waals surface area contributed by atoms with Crippen LogP contribution < -0.4 is 5.32 Å². The van der Waals surface area contributed by atoms with E-state index < -0.39 is 0 Å². The average Bonchev–Trinajstić information content (AvgIpc) is 3.14. The van der Waals surface area contributed by atoms with E-state index in [1.165, 1.54) is 16.9 Å². The summed E-state index contributed by atoms with van der Waals surface area (Å²) in [6.45, 7) is 5.63. The smallest absolute Gasteiger partial charge is 0.261 e. The normalized spacial score (nSPS) is 11.1. The fourth-order valence-electron chi connectivity index (χ4n) is 2.75. The van der Waals surface area contributed by atoms with Gasteiger partial charge in [-0.15, -0.1) is 11.3 Å². The second kappa shape index (κ2) is 7.62. The minimum Gasteiger partial charge on any atom is -0.351 e. The van der Waals surface area contributed by atoms with Gasteiger partial charge >= 0.3 is 0 Å². The van der Waals surface area contributed by atoms with Crippen LogP contribution in [0.25, 0.3) is 10.2 Å². The summed E-state index contributed by atoms with van der Waals surface area (Å²) in [5, 5.41) is 8.72. The Bertz CT molecular complexity index is 820. The van der Waals surface area contributed by atoms with E-state index in [9.17, 15) is 4.79 Å². The Kier molecular flexibility index (Phi) is 5.30. The molecule has 0 saturated carbocycles. The molecule has 0 atom stereocenters. The van der Waals surface area contributed by atoms with Crippen LogP contribution >= 0.6 is 11.3 Å². The number of carbonyl (C=O) groups excluding carboxylic acids is 1. The molecule has 2 aromatic heterocycles. The molecule has 1 amide bonds. The van der Waals surface area contributed by atoms with E-state index in [0.717, 1.165) is 53.1 Å². The van der Waals surface area contributed by atoms with Crippen LogP contribution in [0.5, 0.6) is 0 Å². The van der Waals surface area contributed by atoms with E-state index in [2.05, 4.69) is 29.5 Å². The Morgan fingerprint density at radius 3 is 2.79 bits per heavy atom. The monoisotopic (exact) mass is 341 g/mol. The lowest BCUT2D eigenvalue weighted by molar-refractivity contribution is 0.0957. The number of hydrogen-bond acceptors (Lipinski definition) is 3. The van der Waals surface area contributed by atoms with Gasteiger partial charge in [0.1, 0.15) is 4.83 Å². The van der Waals surface area contributed by atoms with Crippen molar-refractivity contribution in [2.24, 2.45) is 0 Å². The van der Waals surface area contributed by atoms with E-state index in [1.807, 2.05) is 35.9 Å². The van der Waals surface area contributed by atoms with Gasteiger partial charge in [-0.2, -0.15) is 5.10 Å². The van der Waals surface area contributed by atoms with Crippen LogP contribution in [0.3, 0.4) is 0 Å². The van der Waals surface area contributed by atoms with Gasteiger partial charge in [0.25, 0.3) is 5.91 Å². The van der Waals surface area contributed by atoms with Gasteiger partial charge in [-0.1, -0.05) is 50.1 Å². The number of nitrogens with zero attached hydrogens (tertiary/aromatic N) is 2. The molecule has 4 nitrogen and oxygen atoms in total. The predicted octanol–water partition coefficient (Wildman–Crippen LogP) is 4.37. The predicted molar refractivity (Wildman–Crippen MR) is 99.7 cm³/mol. The summed E-state index contributed by atoms with van der Waals surface area (Å²) in [5.74, 6) is 0.0259. The highest BCUT2D eigenvalue weighted by molar-refractivity contribution is 7.20. The van der Waals surface area contributed by atoms with Crippen LogP contribution in [-0.2, 0) is 6.54 Å². The van der Waals surface area contributed by atoms with Crippen molar-refractivity contribution in [2.75, 3.05) is 6.54 Å². The van der Waals surface area contributed by atoms with E-state index in [-0.39, 0.29) is 5.91 Å². The first-order valence-corrected chi connectivity index (χ1v) is 9.29. The van der Waals surface area contributed by atoms with Crippen LogP contribution in [0.2, 0.25) is 0 Å². The van der Waals surface area contributed by atoms with Crippen molar-refractivity contribution in [3.8, 4) is 0 Å². The molecule has 0 radical (unpaired) electrons. The zero-order valence-electron chi connectivity index (χ0n) is 14.2. The molecule has 0 aliphatic heterocycles. The summed E-state index contributed by atoms with van der Waals surface area (Å²) in [4.78, 5) is 14.2. The molecule has 0 bridgehead atoms. The van der Waals surface area contributed by atoms with Crippen LogP contribution in [0.1, 0.15) is 47.1 Å². The van der Waals surface area contributed by atoms with E-state index in [0.29, 0.717) is 0 Å². The Balaban J connectivity index is 1.78. The highest BCUT2D eigenvalue weighted by Crippen LogP contribution is 2.28. The Morgan fingerprint density at radius 2 is 2.04 bits per heavy atom. The molecule has 1 N–H and O–H groups in total. The van der Waals surface area contributed by atoms with Gasteiger partial charge in [-0.25, -0.2) is 0 Å². The third-order valence-electron chi connectivity index (χ3n) is 4.07. The lowest BCUT2D eigenvalue weighted by Gasteiger charge is -2.03. The zero-order chi connectivity index (χ0) is 16.9. The van der Waals surface area contributed by atoms with Gasteiger partial charge in [0.2, 0.25) is 0 Å². The molecule has 0 fully saturated rings. The van der Waals surface area contributed by atoms with Crippen molar-refractivity contribution in [2.45, 2.75) is 39.7 Å². The summed E-state index contributed by atoms with van der Waals surface area (Å²) in [7, 11) is 0. The third kappa shape index (κ3) is 3.67. The molecule has 126 valence electrons. The molecular weight excluding hydrogens is 318 g/mol.